The third kappa shape index (κ3) is 5.45. The first-order valence-corrected chi connectivity index (χ1v) is 7.85. The van der Waals surface area contributed by atoms with Gasteiger partial charge in [0.05, 0.1) is 13.1 Å². The number of aliphatic imine (C=N–C) groups is 1. The lowest BCUT2D eigenvalue weighted by molar-refractivity contribution is -0.143. The van der Waals surface area contributed by atoms with Gasteiger partial charge in [0.25, 0.3) is 0 Å². The first-order chi connectivity index (χ1) is 10.4. The molecule has 1 aromatic heterocycles. The van der Waals surface area contributed by atoms with Crippen LogP contribution < -0.4 is 10.6 Å². The van der Waals surface area contributed by atoms with Gasteiger partial charge in [0.1, 0.15) is 5.01 Å². The van der Waals surface area contributed by atoms with Gasteiger partial charge in [0.2, 0.25) is 0 Å². The summed E-state index contributed by atoms with van der Waals surface area (Å²) < 4.78 is 37.1. The number of aryl methyl sites for hydroxylation is 1. The van der Waals surface area contributed by atoms with Crippen LogP contribution in [-0.2, 0) is 6.54 Å². The van der Waals surface area contributed by atoms with E-state index in [0.717, 1.165) is 9.88 Å². The maximum atomic E-state index is 12.4. The number of guanidine groups is 1. The number of nitrogens with one attached hydrogen (secondary N) is 2. The second kappa shape index (κ2) is 7.28. The average Bonchev–Trinajstić information content (AvgIpc) is 3.02. The summed E-state index contributed by atoms with van der Waals surface area (Å²) in [6, 6.07) is -0.0217. The van der Waals surface area contributed by atoms with Crippen molar-refractivity contribution in [2.75, 3.05) is 26.7 Å². The van der Waals surface area contributed by atoms with E-state index < -0.39 is 12.7 Å². The van der Waals surface area contributed by atoms with Gasteiger partial charge < -0.3 is 10.6 Å². The maximum Gasteiger partial charge on any atom is 0.401 e. The van der Waals surface area contributed by atoms with Gasteiger partial charge >= 0.3 is 6.18 Å². The minimum absolute atomic E-state index is 0.0217. The fraction of sp³-hybridized carbons (Fsp3) is 0.692. The predicted molar refractivity (Wildman–Crippen MR) is 81.1 cm³/mol. The van der Waals surface area contributed by atoms with Crippen LogP contribution in [0.1, 0.15) is 16.3 Å². The van der Waals surface area contributed by atoms with Crippen LogP contribution in [0.25, 0.3) is 0 Å². The van der Waals surface area contributed by atoms with E-state index >= 15 is 0 Å². The molecular weight excluding hydrogens is 315 g/mol. The molecule has 0 amide bonds. The fourth-order valence-corrected chi connectivity index (χ4v) is 3.10. The third-order valence-corrected chi connectivity index (χ3v) is 4.23. The Morgan fingerprint density at radius 3 is 2.91 bits per heavy atom. The van der Waals surface area contributed by atoms with Crippen LogP contribution >= 0.6 is 11.3 Å². The summed E-state index contributed by atoms with van der Waals surface area (Å²) in [6.07, 6.45) is -1.66. The second-order valence-corrected chi connectivity index (χ2v) is 6.59. The Morgan fingerprint density at radius 2 is 2.32 bits per heavy atom. The minimum Gasteiger partial charge on any atom is -0.352 e. The standard InChI is InChI=1S/C13H20F3N5S/c1-9-5-18-11(22-9)6-19-12(17-2)20-10-3-4-21(7-10)8-13(14,15)16/h5,10H,3-4,6-8H2,1-2H3,(H2,17,19,20). The average molecular weight is 335 g/mol. The molecule has 22 heavy (non-hydrogen) atoms. The van der Waals surface area contributed by atoms with Gasteiger partial charge in [-0.25, -0.2) is 4.98 Å². The summed E-state index contributed by atoms with van der Waals surface area (Å²) in [6.45, 7) is 2.51. The number of likely N-dealkylation sites (tertiary alicyclic amines) is 1. The molecule has 2 N–H and O–H groups in total. The summed E-state index contributed by atoms with van der Waals surface area (Å²) in [5.41, 5.74) is 0. The molecule has 1 atom stereocenters. The molecule has 9 heteroatoms. The molecule has 1 saturated heterocycles. The summed E-state index contributed by atoms with van der Waals surface area (Å²) >= 11 is 1.60. The number of thiazole rings is 1. The molecule has 5 nitrogen and oxygen atoms in total. The van der Waals surface area contributed by atoms with Crippen LogP contribution in [-0.4, -0.2) is 54.7 Å². The number of alkyl halides is 3. The highest BCUT2D eigenvalue weighted by Gasteiger charge is 2.34. The smallest absolute Gasteiger partial charge is 0.352 e. The Morgan fingerprint density at radius 1 is 1.55 bits per heavy atom. The van der Waals surface area contributed by atoms with Gasteiger partial charge in [0, 0.05) is 37.3 Å². The Labute approximate surface area is 131 Å². The Kier molecular flexibility index (Phi) is 5.63. The third-order valence-electron chi connectivity index (χ3n) is 3.32. The molecule has 1 aliphatic rings. The summed E-state index contributed by atoms with van der Waals surface area (Å²) in [5, 5.41) is 7.25. The number of hydrogen-bond donors (Lipinski definition) is 2. The normalized spacial score (nSPS) is 20.4. The van der Waals surface area contributed by atoms with E-state index in [1.807, 2.05) is 13.1 Å². The minimum atomic E-state index is -4.14. The Hall–Kier alpha value is -1.35. The molecule has 0 saturated carbocycles. The molecule has 2 heterocycles. The summed E-state index contributed by atoms with van der Waals surface area (Å²) in [4.78, 5) is 10.9. The zero-order valence-electron chi connectivity index (χ0n) is 12.6. The van der Waals surface area contributed by atoms with E-state index in [0.29, 0.717) is 32.0 Å². The van der Waals surface area contributed by atoms with Gasteiger partial charge in [-0.2, -0.15) is 13.2 Å². The number of halogens is 3. The second-order valence-electron chi connectivity index (χ2n) is 5.27. The van der Waals surface area contributed by atoms with Crippen molar-refractivity contribution in [3.63, 3.8) is 0 Å². The van der Waals surface area contributed by atoms with Crippen molar-refractivity contribution < 1.29 is 13.2 Å². The van der Waals surface area contributed by atoms with Crippen molar-refractivity contribution in [1.82, 2.24) is 20.5 Å². The highest BCUT2D eigenvalue weighted by atomic mass is 32.1. The highest BCUT2D eigenvalue weighted by molar-refractivity contribution is 7.11. The van der Waals surface area contributed by atoms with Crippen LogP contribution in [0.15, 0.2) is 11.2 Å². The summed E-state index contributed by atoms with van der Waals surface area (Å²) in [5.74, 6) is 0.590. The zero-order chi connectivity index (χ0) is 16.2. The lowest BCUT2D eigenvalue weighted by Gasteiger charge is -2.19. The molecule has 124 valence electrons. The lowest BCUT2D eigenvalue weighted by atomic mass is 10.3. The van der Waals surface area contributed by atoms with E-state index in [2.05, 4.69) is 20.6 Å². The Balaban J connectivity index is 1.77. The first-order valence-electron chi connectivity index (χ1n) is 7.03. The topological polar surface area (TPSA) is 52.6 Å². The molecule has 1 aromatic rings. The molecule has 0 bridgehead atoms. The molecule has 0 aromatic carbocycles. The summed E-state index contributed by atoms with van der Waals surface area (Å²) in [7, 11) is 1.64. The van der Waals surface area contributed by atoms with Crippen LogP contribution in [0.5, 0.6) is 0 Å². The van der Waals surface area contributed by atoms with Crippen molar-refractivity contribution in [2.45, 2.75) is 32.1 Å². The van der Waals surface area contributed by atoms with Crippen molar-refractivity contribution in [1.29, 1.82) is 0 Å². The number of nitrogens with zero attached hydrogens (tertiary/aromatic N) is 3. The molecule has 0 spiro atoms. The fourth-order valence-electron chi connectivity index (χ4n) is 2.38. The van der Waals surface area contributed by atoms with E-state index in [4.69, 9.17) is 0 Å². The highest BCUT2D eigenvalue weighted by Crippen LogP contribution is 2.19. The van der Waals surface area contributed by atoms with Gasteiger partial charge in [-0.05, 0) is 13.3 Å². The number of aromatic nitrogens is 1. The zero-order valence-corrected chi connectivity index (χ0v) is 13.4. The molecule has 1 aliphatic heterocycles. The molecule has 2 rings (SSSR count). The molecular formula is C13H20F3N5S. The van der Waals surface area contributed by atoms with E-state index in [1.54, 1.807) is 18.4 Å². The first kappa shape index (κ1) is 17.0. The van der Waals surface area contributed by atoms with Crippen LogP contribution in [0, 0.1) is 6.92 Å². The van der Waals surface area contributed by atoms with Crippen LogP contribution in [0.4, 0.5) is 13.2 Å². The SMILES string of the molecule is CN=C(NCc1ncc(C)s1)NC1CCN(CC(F)(F)F)C1. The quantitative estimate of drug-likeness (QED) is 0.650. The largest absolute Gasteiger partial charge is 0.401 e. The number of hydrogen-bond acceptors (Lipinski definition) is 4. The number of rotatable bonds is 4. The molecule has 1 fully saturated rings. The lowest BCUT2D eigenvalue weighted by Crippen LogP contribution is -2.44. The van der Waals surface area contributed by atoms with Gasteiger partial charge in [0.15, 0.2) is 5.96 Å². The van der Waals surface area contributed by atoms with E-state index in [-0.39, 0.29) is 6.04 Å². The Bertz CT molecular complexity index is 514. The van der Waals surface area contributed by atoms with Gasteiger partial charge in [-0.1, -0.05) is 0 Å². The predicted octanol–water partition coefficient (Wildman–Crippen LogP) is 1.75. The molecule has 0 radical (unpaired) electrons. The molecule has 1 unspecified atom stereocenters. The van der Waals surface area contributed by atoms with Gasteiger partial charge in [-0.15, -0.1) is 11.3 Å². The van der Waals surface area contributed by atoms with Crippen LogP contribution in [0.3, 0.4) is 0 Å². The van der Waals surface area contributed by atoms with Crippen molar-refractivity contribution in [3.8, 4) is 0 Å². The van der Waals surface area contributed by atoms with Crippen molar-refractivity contribution in [3.05, 3.63) is 16.1 Å². The van der Waals surface area contributed by atoms with Gasteiger partial charge in [-0.3, -0.25) is 9.89 Å². The molecule has 0 aliphatic carbocycles. The van der Waals surface area contributed by atoms with Crippen molar-refractivity contribution in [2.24, 2.45) is 4.99 Å². The van der Waals surface area contributed by atoms with E-state index in [1.165, 1.54) is 4.90 Å². The monoisotopic (exact) mass is 335 g/mol. The van der Waals surface area contributed by atoms with E-state index in [9.17, 15) is 13.2 Å². The van der Waals surface area contributed by atoms with Crippen LogP contribution in [0.2, 0.25) is 0 Å². The van der Waals surface area contributed by atoms with Crippen molar-refractivity contribution >= 4 is 17.3 Å². The maximum absolute atomic E-state index is 12.4.